The van der Waals surface area contributed by atoms with Gasteiger partial charge in [0.2, 0.25) is 5.88 Å². The first-order valence-electron chi connectivity index (χ1n) is 5.51. The number of hydrogen-bond donors (Lipinski definition) is 1. The van der Waals surface area contributed by atoms with Gasteiger partial charge in [-0.3, -0.25) is 4.98 Å². The maximum atomic E-state index is 5.67. The lowest BCUT2D eigenvalue weighted by atomic mass is 10.1. The van der Waals surface area contributed by atoms with E-state index in [0.29, 0.717) is 12.4 Å². The number of nitrogens with zero attached hydrogens (tertiary/aromatic N) is 2. The molecular formula is C12H13N3O2. The Morgan fingerprint density at radius 3 is 3.18 bits per heavy atom. The predicted octanol–water partition coefficient (Wildman–Crippen LogP) is 0.901. The van der Waals surface area contributed by atoms with Crippen molar-refractivity contribution in [1.82, 2.24) is 9.97 Å². The number of nitrogens with two attached hydrogens (primary N) is 1. The van der Waals surface area contributed by atoms with Crippen LogP contribution in [0.15, 0.2) is 18.3 Å². The largest absolute Gasteiger partial charge is 0.487 e. The van der Waals surface area contributed by atoms with Crippen molar-refractivity contribution in [3.8, 4) is 11.6 Å². The molecule has 0 fully saturated rings. The van der Waals surface area contributed by atoms with Crippen LogP contribution in [0.2, 0.25) is 0 Å². The molecule has 5 heteroatoms. The molecule has 3 rings (SSSR count). The van der Waals surface area contributed by atoms with Crippen molar-refractivity contribution >= 4 is 11.0 Å². The van der Waals surface area contributed by atoms with E-state index < -0.39 is 0 Å². The minimum Gasteiger partial charge on any atom is -0.487 e. The Bertz CT molecular complexity index is 571. The second-order valence-corrected chi connectivity index (χ2v) is 4.00. The van der Waals surface area contributed by atoms with Gasteiger partial charge in [-0.25, -0.2) is 4.98 Å². The molecule has 3 heterocycles. The highest BCUT2D eigenvalue weighted by atomic mass is 16.5. The number of fused-ring (bicyclic) bond motifs is 3. The Morgan fingerprint density at radius 2 is 2.41 bits per heavy atom. The van der Waals surface area contributed by atoms with Crippen LogP contribution in [0.25, 0.3) is 11.0 Å². The third-order valence-electron chi connectivity index (χ3n) is 2.95. The lowest BCUT2D eigenvalue weighted by molar-refractivity contribution is 0.241. The van der Waals surface area contributed by atoms with Gasteiger partial charge in [0.15, 0.2) is 0 Å². The van der Waals surface area contributed by atoms with Crippen molar-refractivity contribution in [2.45, 2.75) is 12.5 Å². The minimum atomic E-state index is 0.0328. The van der Waals surface area contributed by atoms with Gasteiger partial charge in [0.05, 0.1) is 24.3 Å². The van der Waals surface area contributed by atoms with Gasteiger partial charge >= 0.3 is 0 Å². The number of aromatic nitrogens is 2. The normalized spacial score (nSPS) is 17.9. The summed E-state index contributed by atoms with van der Waals surface area (Å²) in [5.41, 5.74) is 8.39. The number of methoxy groups -OCH3 is 1. The summed E-state index contributed by atoms with van der Waals surface area (Å²) in [6.45, 7) is 0.500. The summed E-state index contributed by atoms with van der Waals surface area (Å²) in [4.78, 5) is 8.74. The lowest BCUT2D eigenvalue weighted by Gasteiger charge is -2.05. The van der Waals surface area contributed by atoms with Gasteiger partial charge in [0.25, 0.3) is 0 Å². The van der Waals surface area contributed by atoms with Crippen LogP contribution in [0.5, 0.6) is 11.6 Å². The van der Waals surface area contributed by atoms with Crippen molar-refractivity contribution in [3.05, 3.63) is 23.9 Å². The summed E-state index contributed by atoms with van der Waals surface area (Å²) in [6.07, 6.45) is 2.55. The SMILES string of the molecule is COc1ccc2ncc3c(c2n1)CC(CN)O3. The molecule has 88 valence electrons. The van der Waals surface area contributed by atoms with Crippen molar-refractivity contribution < 1.29 is 9.47 Å². The molecule has 17 heavy (non-hydrogen) atoms. The van der Waals surface area contributed by atoms with E-state index in [9.17, 15) is 0 Å². The second kappa shape index (κ2) is 3.85. The topological polar surface area (TPSA) is 70.3 Å². The number of rotatable bonds is 2. The Balaban J connectivity index is 2.18. The Labute approximate surface area is 98.6 Å². The number of pyridine rings is 2. The molecule has 0 aliphatic carbocycles. The van der Waals surface area contributed by atoms with Gasteiger partial charge in [-0.05, 0) is 6.07 Å². The van der Waals surface area contributed by atoms with Crippen LogP contribution in [0.4, 0.5) is 0 Å². The predicted molar refractivity (Wildman–Crippen MR) is 63.3 cm³/mol. The average molecular weight is 231 g/mol. The Hall–Kier alpha value is -1.88. The van der Waals surface area contributed by atoms with Crippen LogP contribution in [0, 0.1) is 0 Å². The fourth-order valence-electron chi connectivity index (χ4n) is 2.08. The summed E-state index contributed by atoms with van der Waals surface area (Å²) in [7, 11) is 1.60. The summed E-state index contributed by atoms with van der Waals surface area (Å²) < 4.78 is 10.8. The van der Waals surface area contributed by atoms with Crippen LogP contribution in [0.3, 0.4) is 0 Å². The first-order chi connectivity index (χ1) is 8.31. The zero-order valence-corrected chi connectivity index (χ0v) is 9.51. The second-order valence-electron chi connectivity index (χ2n) is 4.00. The zero-order chi connectivity index (χ0) is 11.8. The molecule has 5 nitrogen and oxygen atoms in total. The fraction of sp³-hybridized carbons (Fsp3) is 0.333. The van der Waals surface area contributed by atoms with Crippen molar-refractivity contribution in [2.75, 3.05) is 13.7 Å². The van der Waals surface area contributed by atoms with Gasteiger partial charge in [-0.15, -0.1) is 0 Å². The molecule has 1 aliphatic rings. The van der Waals surface area contributed by atoms with Gasteiger partial charge in [-0.2, -0.15) is 0 Å². The summed E-state index contributed by atoms with van der Waals surface area (Å²) in [5.74, 6) is 1.37. The van der Waals surface area contributed by atoms with Gasteiger partial charge < -0.3 is 15.2 Å². The van der Waals surface area contributed by atoms with Crippen LogP contribution in [-0.2, 0) is 6.42 Å². The average Bonchev–Trinajstić information content (AvgIpc) is 2.81. The molecule has 0 saturated heterocycles. The molecule has 1 unspecified atom stereocenters. The standard InChI is InChI=1S/C12H13N3O2/c1-16-11-3-2-9-12(15-11)8-4-7(5-13)17-10(8)6-14-9/h2-3,6-7H,4-5,13H2,1H3. The van der Waals surface area contributed by atoms with E-state index in [4.69, 9.17) is 15.2 Å². The van der Waals surface area contributed by atoms with Crippen LogP contribution < -0.4 is 15.2 Å². The van der Waals surface area contributed by atoms with Crippen LogP contribution in [-0.4, -0.2) is 29.7 Å². The first-order valence-corrected chi connectivity index (χ1v) is 5.51. The molecular weight excluding hydrogens is 218 g/mol. The van der Waals surface area contributed by atoms with E-state index in [1.54, 1.807) is 19.4 Å². The van der Waals surface area contributed by atoms with E-state index in [1.165, 1.54) is 0 Å². The maximum absolute atomic E-state index is 5.67. The Kier molecular flexibility index (Phi) is 2.33. The molecule has 2 aromatic rings. The van der Waals surface area contributed by atoms with E-state index in [-0.39, 0.29) is 6.10 Å². The quantitative estimate of drug-likeness (QED) is 0.831. The summed E-state index contributed by atoms with van der Waals surface area (Å²) in [5, 5.41) is 0. The molecule has 2 aromatic heterocycles. The summed E-state index contributed by atoms with van der Waals surface area (Å²) >= 11 is 0. The van der Waals surface area contributed by atoms with Crippen molar-refractivity contribution in [3.63, 3.8) is 0 Å². The highest BCUT2D eigenvalue weighted by Crippen LogP contribution is 2.33. The molecule has 2 N–H and O–H groups in total. The molecule has 0 amide bonds. The van der Waals surface area contributed by atoms with Crippen molar-refractivity contribution in [1.29, 1.82) is 0 Å². The molecule has 0 saturated carbocycles. The van der Waals surface area contributed by atoms with E-state index in [1.807, 2.05) is 6.07 Å². The zero-order valence-electron chi connectivity index (χ0n) is 9.51. The monoisotopic (exact) mass is 231 g/mol. The van der Waals surface area contributed by atoms with Crippen molar-refractivity contribution in [2.24, 2.45) is 5.73 Å². The highest BCUT2D eigenvalue weighted by Gasteiger charge is 2.25. The highest BCUT2D eigenvalue weighted by molar-refractivity contribution is 5.81. The van der Waals surface area contributed by atoms with E-state index in [0.717, 1.165) is 28.8 Å². The molecule has 0 aromatic carbocycles. The number of ether oxygens (including phenoxy) is 2. The molecule has 0 spiro atoms. The van der Waals surface area contributed by atoms with E-state index >= 15 is 0 Å². The maximum Gasteiger partial charge on any atom is 0.213 e. The van der Waals surface area contributed by atoms with E-state index in [2.05, 4.69) is 9.97 Å². The smallest absolute Gasteiger partial charge is 0.213 e. The van der Waals surface area contributed by atoms with Crippen LogP contribution >= 0.6 is 0 Å². The van der Waals surface area contributed by atoms with Gasteiger partial charge in [-0.1, -0.05) is 0 Å². The molecule has 0 bridgehead atoms. The minimum absolute atomic E-state index is 0.0328. The first kappa shape index (κ1) is 10.3. The van der Waals surface area contributed by atoms with Crippen LogP contribution in [0.1, 0.15) is 5.56 Å². The van der Waals surface area contributed by atoms with Gasteiger partial charge in [0, 0.05) is 24.6 Å². The summed E-state index contributed by atoms with van der Waals surface area (Å²) in [6, 6.07) is 3.70. The third kappa shape index (κ3) is 1.59. The number of hydrogen-bond acceptors (Lipinski definition) is 5. The third-order valence-corrected chi connectivity index (χ3v) is 2.95. The molecule has 0 radical (unpaired) electrons. The Morgan fingerprint density at radius 1 is 1.53 bits per heavy atom. The van der Waals surface area contributed by atoms with Gasteiger partial charge in [0.1, 0.15) is 11.9 Å². The molecule has 1 atom stereocenters. The fourth-order valence-corrected chi connectivity index (χ4v) is 2.08. The lowest BCUT2D eigenvalue weighted by Crippen LogP contribution is -2.24. The molecule has 1 aliphatic heterocycles.